The molecule has 0 aliphatic heterocycles. The smallest absolute Gasteiger partial charge is 0.121 e. The molecule has 3 aromatic carbocycles. The number of nitrogens with zero attached hydrogens (tertiary/aromatic N) is 1. The zero-order valence-electron chi connectivity index (χ0n) is 17.7. The predicted octanol–water partition coefficient (Wildman–Crippen LogP) is 4.03. The SMILES string of the molecule is CN(C)CCOc1ccc([C@@](O)(c2ccccc2)C(CCO)c2ccccc2)cc1. The van der Waals surface area contributed by atoms with Crippen LogP contribution in [0.2, 0.25) is 0 Å². The van der Waals surface area contributed by atoms with Crippen molar-refractivity contribution in [3.05, 3.63) is 102 Å². The Morgan fingerprint density at radius 3 is 1.97 bits per heavy atom. The monoisotopic (exact) mass is 405 g/mol. The fourth-order valence-electron chi connectivity index (χ4n) is 3.84. The van der Waals surface area contributed by atoms with Crippen LogP contribution in [0, 0.1) is 0 Å². The highest BCUT2D eigenvalue weighted by molar-refractivity contribution is 5.43. The van der Waals surface area contributed by atoms with Gasteiger partial charge in [-0.15, -0.1) is 0 Å². The van der Waals surface area contributed by atoms with Gasteiger partial charge in [0.15, 0.2) is 0 Å². The van der Waals surface area contributed by atoms with Crippen LogP contribution in [-0.4, -0.2) is 49.0 Å². The summed E-state index contributed by atoms with van der Waals surface area (Å²) in [6.45, 7) is 1.43. The molecule has 0 aromatic heterocycles. The van der Waals surface area contributed by atoms with Gasteiger partial charge in [0.2, 0.25) is 0 Å². The largest absolute Gasteiger partial charge is 0.492 e. The first-order valence-electron chi connectivity index (χ1n) is 10.4. The van der Waals surface area contributed by atoms with Gasteiger partial charge in [-0.25, -0.2) is 0 Å². The number of hydrogen-bond donors (Lipinski definition) is 2. The van der Waals surface area contributed by atoms with Gasteiger partial charge in [0.25, 0.3) is 0 Å². The molecule has 1 unspecified atom stereocenters. The minimum Gasteiger partial charge on any atom is -0.492 e. The minimum atomic E-state index is -1.28. The molecule has 0 saturated heterocycles. The highest BCUT2D eigenvalue weighted by atomic mass is 16.5. The van der Waals surface area contributed by atoms with Crippen molar-refractivity contribution < 1.29 is 14.9 Å². The molecule has 2 atom stereocenters. The predicted molar refractivity (Wildman–Crippen MR) is 121 cm³/mol. The van der Waals surface area contributed by atoms with Gasteiger partial charge < -0.3 is 19.8 Å². The average Bonchev–Trinajstić information content (AvgIpc) is 2.78. The van der Waals surface area contributed by atoms with Crippen molar-refractivity contribution in [3.63, 3.8) is 0 Å². The maximum Gasteiger partial charge on any atom is 0.121 e. The first kappa shape index (κ1) is 22.0. The van der Waals surface area contributed by atoms with Crippen LogP contribution in [-0.2, 0) is 5.60 Å². The standard InChI is InChI=1S/C26H31NO3/c1-27(2)18-20-30-24-15-13-23(14-16-24)26(29,22-11-7-4-8-12-22)25(17-19-28)21-9-5-3-6-10-21/h3-16,25,28-29H,17-20H2,1-2H3/t25?,26-/m0/s1. The molecule has 0 bridgehead atoms. The Morgan fingerprint density at radius 2 is 1.40 bits per heavy atom. The summed E-state index contributed by atoms with van der Waals surface area (Å²) in [4.78, 5) is 2.07. The molecule has 0 heterocycles. The number of aliphatic hydroxyl groups excluding tert-OH is 1. The zero-order valence-corrected chi connectivity index (χ0v) is 17.7. The van der Waals surface area contributed by atoms with E-state index in [1.165, 1.54) is 0 Å². The van der Waals surface area contributed by atoms with E-state index in [9.17, 15) is 10.2 Å². The van der Waals surface area contributed by atoms with Gasteiger partial charge in [0.1, 0.15) is 18.0 Å². The van der Waals surface area contributed by atoms with Crippen molar-refractivity contribution in [2.45, 2.75) is 17.9 Å². The molecule has 0 fully saturated rings. The highest BCUT2D eigenvalue weighted by Crippen LogP contribution is 2.44. The van der Waals surface area contributed by atoms with Crippen molar-refractivity contribution in [1.29, 1.82) is 0 Å². The zero-order chi connectivity index (χ0) is 21.4. The van der Waals surface area contributed by atoms with Crippen LogP contribution in [0.4, 0.5) is 0 Å². The summed E-state index contributed by atoms with van der Waals surface area (Å²) >= 11 is 0. The van der Waals surface area contributed by atoms with Gasteiger partial charge in [0.05, 0.1) is 0 Å². The molecule has 2 N–H and O–H groups in total. The molecule has 0 aliphatic rings. The van der Waals surface area contributed by atoms with E-state index in [-0.39, 0.29) is 12.5 Å². The van der Waals surface area contributed by atoms with Crippen molar-refractivity contribution in [3.8, 4) is 5.75 Å². The van der Waals surface area contributed by atoms with Gasteiger partial charge >= 0.3 is 0 Å². The molecular weight excluding hydrogens is 374 g/mol. The minimum absolute atomic E-state index is 0.0135. The lowest BCUT2D eigenvalue weighted by Crippen LogP contribution is -2.35. The van der Waals surface area contributed by atoms with Gasteiger partial charge in [0, 0.05) is 19.1 Å². The topological polar surface area (TPSA) is 52.9 Å². The van der Waals surface area contributed by atoms with Gasteiger partial charge in [-0.3, -0.25) is 0 Å². The molecule has 4 heteroatoms. The Kier molecular flexibility index (Phi) is 7.63. The second-order valence-corrected chi connectivity index (χ2v) is 7.78. The summed E-state index contributed by atoms with van der Waals surface area (Å²) in [5, 5.41) is 22.0. The summed E-state index contributed by atoms with van der Waals surface area (Å²) in [7, 11) is 4.02. The lowest BCUT2D eigenvalue weighted by atomic mass is 9.71. The summed E-state index contributed by atoms with van der Waals surface area (Å²) in [5.74, 6) is 0.473. The molecule has 0 amide bonds. The molecule has 158 valence electrons. The third-order valence-corrected chi connectivity index (χ3v) is 5.44. The van der Waals surface area contributed by atoms with Crippen LogP contribution in [0.25, 0.3) is 0 Å². The van der Waals surface area contributed by atoms with E-state index in [0.717, 1.165) is 29.0 Å². The number of likely N-dealkylation sites (N-methyl/N-ethyl adjacent to an activating group) is 1. The van der Waals surface area contributed by atoms with E-state index >= 15 is 0 Å². The van der Waals surface area contributed by atoms with Crippen molar-refractivity contribution in [2.75, 3.05) is 33.9 Å². The number of ether oxygens (including phenoxy) is 1. The molecule has 3 aromatic rings. The maximum absolute atomic E-state index is 12.2. The van der Waals surface area contributed by atoms with E-state index in [1.807, 2.05) is 99.0 Å². The molecule has 0 spiro atoms. The van der Waals surface area contributed by atoms with Crippen molar-refractivity contribution in [2.24, 2.45) is 0 Å². The highest BCUT2D eigenvalue weighted by Gasteiger charge is 2.40. The quantitative estimate of drug-likeness (QED) is 0.535. The second-order valence-electron chi connectivity index (χ2n) is 7.78. The van der Waals surface area contributed by atoms with Crippen molar-refractivity contribution in [1.82, 2.24) is 4.90 Å². The van der Waals surface area contributed by atoms with Gasteiger partial charge in [-0.05, 0) is 49.3 Å². The first-order valence-corrected chi connectivity index (χ1v) is 10.4. The lowest BCUT2D eigenvalue weighted by Gasteiger charge is -2.38. The Balaban J connectivity index is 2.00. The summed E-state index contributed by atoms with van der Waals surface area (Å²) in [5.41, 5.74) is 1.28. The number of aliphatic hydroxyl groups is 2. The van der Waals surface area contributed by atoms with Crippen LogP contribution in [0.3, 0.4) is 0 Å². The van der Waals surface area contributed by atoms with E-state index in [1.54, 1.807) is 0 Å². The Bertz CT molecular complexity index is 881. The van der Waals surface area contributed by atoms with E-state index in [4.69, 9.17) is 4.74 Å². The fourth-order valence-corrected chi connectivity index (χ4v) is 3.84. The number of rotatable bonds is 10. The van der Waals surface area contributed by atoms with Crippen LogP contribution in [0.15, 0.2) is 84.9 Å². The summed E-state index contributed by atoms with van der Waals surface area (Å²) in [6, 6.07) is 27.2. The summed E-state index contributed by atoms with van der Waals surface area (Å²) < 4.78 is 5.82. The Hall–Kier alpha value is -2.66. The molecule has 0 aliphatic carbocycles. The Labute approximate surface area is 179 Å². The molecular formula is C26H31NO3. The van der Waals surface area contributed by atoms with Crippen LogP contribution in [0.1, 0.15) is 29.0 Å². The van der Waals surface area contributed by atoms with Crippen LogP contribution < -0.4 is 4.74 Å². The molecule has 3 rings (SSSR count). The second kappa shape index (κ2) is 10.4. The summed E-state index contributed by atoms with van der Waals surface area (Å²) in [6.07, 6.45) is 0.441. The van der Waals surface area contributed by atoms with Crippen molar-refractivity contribution >= 4 is 0 Å². The fraction of sp³-hybridized carbons (Fsp3) is 0.308. The molecule has 0 radical (unpaired) electrons. The third kappa shape index (κ3) is 5.08. The maximum atomic E-state index is 12.2. The Morgan fingerprint density at radius 1 is 0.833 bits per heavy atom. The number of hydrogen-bond acceptors (Lipinski definition) is 4. The normalized spacial score (nSPS) is 14.3. The first-order chi connectivity index (χ1) is 14.6. The molecule has 4 nitrogen and oxygen atoms in total. The van der Waals surface area contributed by atoms with E-state index in [0.29, 0.717) is 13.0 Å². The third-order valence-electron chi connectivity index (χ3n) is 5.44. The lowest BCUT2D eigenvalue weighted by molar-refractivity contribution is 0.0393. The molecule has 0 saturated carbocycles. The molecule has 30 heavy (non-hydrogen) atoms. The van der Waals surface area contributed by atoms with E-state index < -0.39 is 5.60 Å². The van der Waals surface area contributed by atoms with Crippen LogP contribution in [0.5, 0.6) is 5.75 Å². The van der Waals surface area contributed by atoms with Gasteiger partial charge in [-0.2, -0.15) is 0 Å². The van der Waals surface area contributed by atoms with E-state index in [2.05, 4.69) is 4.90 Å². The van der Waals surface area contributed by atoms with Gasteiger partial charge in [-0.1, -0.05) is 72.8 Å². The number of benzene rings is 3. The average molecular weight is 406 g/mol. The van der Waals surface area contributed by atoms with Crippen LogP contribution >= 0.6 is 0 Å².